The van der Waals surface area contributed by atoms with E-state index >= 15 is 0 Å². The summed E-state index contributed by atoms with van der Waals surface area (Å²) >= 11 is 3.54. The quantitative estimate of drug-likeness (QED) is 0.684. The Labute approximate surface area is 149 Å². The molecule has 0 N–H and O–H groups in total. The molecule has 24 heavy (non-hydrogen) atoms. The number of halogens is 1. The molecule has 1 saturated heterocycles. The second-order valence-corrected chi connectivity index (χ2v) is 7.64. The van der Waals surface area contributed by atoms with Crippen molar-refractivity contribution < 1.29 is 0 Å². The molecule has 0 bridgehead atoms. The number of benzene rings is 1. The minimum absolute atomic E-state index is 0.458. The van der Waals surface area contributed by atoms with Gasteiger partial charge in [-0.05, 0) is 18.2 Å². The van der Waals surface area contributed by atoms with Gasteiger partial charge in [-0.15, -0.1) is 0 Å². The highest BCUT2D eigenvalue weighted by atomic mass is 79.9. The molecule has 0 unspecified atom stereocenters. The Balaban J connectivity index is 1.50. The van der Waals surface area contributed by atoms with Crippen molar-refractivity contribution in [2.24, 2.45) is 5.92 Å². The third-order valence-electron chi connectivity index (χ3n) is 4.55. The van der Waals surface area contributed by atoms with Crippen molar-refractivity contribution in [3.63, 3.8) is 0 Å². The molecule has 1 fully saturated rings. The molecular weight excluding hydrogens is 366 g/mol. The van der Waals surface area contributed by atoms with E-state index in [4.69, 9.17) is 0 Å². The van der Waals surface area contributed by atoms with Gasteiger partial charge in [-0.3, -0.25) is 0 Å². The number of nitrogens with zero attached hydrogens (tertiary/aromatic N) is 5. The molecule has 5 nitrogen and oxygen atoms in total. The summed E-state index contributed by atoms with van der Waals surface area (Å²) in [6, 6.07) is 6.15. The van der Waals surface area contributed by atoms with E-state index in [2.05, 4.69) is 66.5 Å². The molecule has 1 aromatic carbocycles. The van der Waals surface area contributed by atoms with Crippen LogP contribution in [0.2, 0.25) is 0 Å². The fraction of sp³-hybridized carbons (Fsp3) is 0.389. The van der Waals surface area contributed by atoms with Crippen LogP contribution < -0.4 is 4.90 Å². The molecule has 124 valence electrons. The fourth-order valence-corrected chi connectivity index (χ4v) is 3.74. The van der Waals surface area contributed by atoms with Crippen LogP contribution in [0.4, 0.5) is 5.82 Å². The summed E-state index contributed by atoms with van der Waals surface area (Å²) in [4.78, 5) is 15.7. The average Bonchev–Trinajstić information content (AvgIpc) is 2.98. The van der Waals surface area contributed by atoms with E-state index in [0.717, 1.165) is 40.8 Å². The second-order valence-electron chi connectivity index (χ2n) is 6.72. The van der Waals surface area contributed by atoms with Crippen LogP contribution in [0.1, 0.15) is 25.6 Å². The summed E-state index contributed by atoms with van der Waals surface area (Å²) in [6.07, 6.45) is 5.65. The van der Waals surface area contributed by atoms with Gasteiger partial charge >= 0.3 is 0 Å². The van der Waals surface area contributed by atoms with Gasteiger partial charge in [0.15, 0.2) is 0 Å². The Kier molecular flexibility index (Phi) is 4.00. The predicted octanol–water partition coefficient (Wildman–Crippen LogP) is 3.85. The molecule has 1 aliphatic rings. The van der Waals surface area contributed by atoms with Crippen molar-refractivity contribution in [2.45, 2.75) is 26.3 Å². The summed E-state index contributed by atoms with van der Waals surface area (Å²) in [5.74, 6) is 3.30. The van der Waals surface area contributed by atoms with E-state index in [1.165, 1.54) is 5.82 Å². The van der Waals surface area contributed by atoms with E-state index in [0.29, 0.717) is 11.8 Å². The first-order chi connectivity index (χ1) is 11.6. The highest BCUT2D eigenvalue weighted by molar-refractivity contribution is 9.10. The largest absolute Gasteiger partial charge is 0.355 e. The number of imidazole rings is 1. The average molecular weight is 386 g/mol. The van der Waals surface area contributed by atoms with Gasteiger partial charge in [0.1, 0.15) is 18.0 Å². The molecule has 0 spiro atoms. The summed E-state index contributed by atoms with van der Waals surface area (Å²) in [5.41, 5.74) is 0.989. The lowest BCUT2D eigenvalue weighted by atomic mass is 9.99. The highest BCUT2D eigenvalue weighted by Crippen LogP contribution is 2.31. The number of aromatic nitrogens is 4. The number of rotatable bonds is 4. The summed E-state index contributed by atoms with van der Waals surface area (Å²) in [5, 5.41) is 1.11. The molecule has 0 saturated carbocycles. The minimum atomic E-state index is 0.458. The van der Waals surface area contributed by atoms with Gasteiger partial charge in [0, 0.05) is 53.7 Å². The van der Waals surface area contributed by atoms with Crippen LogP contribution in [0.15, 0.2) is 41.4 Å². The molecule has 0 aliphatic carbocycles. The second kappa shape index (κ2) is 6.16. The van der Waals surface area contributed by atoms with E-state index in [9.17, 15) is 0 Å². The molecule has 2 aromatic heterocycles. The Morgan fingerprint density at radius 1 is 1.21 bits per heavy atom. The zero-order chi connectivity index (χ0) is 16.7. The third-order valence-corrected chi connectivity index (χ3v) is 5.05. The van der Waals surface area contributed by atoms with Crippen LogP contribution >= 0.6 is 15.9 Å². The topological polar surface area (TPSA) is 46.8 Å². The highest BCUT2D eigenvalue weighted by Gasteiger charge is 2.29. The lowest BCUT2D eigenvalue weighted by molar-refractivity contribution is 0.349. The van der Waals surface area contributed by atoms with Crippen molar-refractivity contribution in [3.8, 4) is 0 Å². The summed E-state index contributed by atoms with van der Waals surface area (Å²) < 4.78 is 3.35. The van der Waals surface area contributed by atoms with Gasteiger partial charge in [0.25, 0.3) is 0 Å². The van der Waals surface area contributed by atoms with Crippen LogP contribution in [0.5, 0.6) is 0 Å². The van der Waals surface area contributed by atoms with Gasteiger partial charge in [-0.25, -0.2) is 15.0 Å². The van der Waals surface area contributed by atoms with Gasteiger partial charge in [-0.2, -0.15) is 0 Å². The minimum Gasteiger partial charge on any atom is -0.355 e. The van der Waals surface area contributed by atoms with Crippen LogP contribution in [0.3, 0.4) is 0 Å². The van der Waals surface area contributed by atoms with E-state index in [-0.39, 0.29) is 0 Å². The number of hydrogen-bond acceptors (Lipinski definition) is 4. The fourth-order valence-electron chi connectivity index (χ4n) is 3.38. The normalized spacial score (nSPS) is 15.2. The molecule has 0 atom stereocenters. The SMILES string of the molecule is CC(C)c1nccn1CC1CN(c2ncnc3ccc(Br)cc23)C1. The zero-order valence-electron chi connectivity index (χ0n) is 13.9. The van der Waals surface area contributed by atoms with E-state index in [1.54, 1.807) is 6.33 Å². The maximum Gasteiger partial charge on any atom is 0.139 e. The molecule has 4 rings (SSSR count). The lowest BCUT2D eigenvalue weighted by Crippen LogP contribution is -2.49. The van der Waals surface area contributed by atoms with Gasteiger partial charge in [0.05, 0.1) is 5.52 Å². The van der Waals surface area contributed by atoms with Crippen LogP contribution in [-0.4, -0.2) is 32.6 Å². The van der Waals surface area contributed by atoms with Crippen molar-refractivity contribution in [3.05, 3.63) is 47.2 Å². The Morgan fingerprint density at radius 2 is 2.04 bits per heavy atom. The monoisotopic (exact) mass is 385 g/mol. The smallest absolute Gasteiger partial charge is 0.139 e. The van der Waals surface area contributed by atoms with Crippen molar-refractivity contribution in [2.75, 3.05) is 18.0 Å². The van der Waals surface area contributed by atoms with E-state index < -0.39 is 0 Å². The Bertz CT molecular complexity index is 867. The van der Waals surface area contributed by atoms with Gasteiger partial charge in [-0.1, -0.05) is 29.8 Å². The Morgan fingerprint density at radius 3 is 2.83 bits per heavy atom. The summed E-state index contributed by atoms with van der Waals surface area (Å²) in [6.45, 7) is 7.45. The molecule has 6 heteroatoms. The molecule has 1 aliphatic heterocycles. The first-order valence-electron chi connectivity index (χ1n) is 8.28. The molecule has 3 aromatic rings. The van der Waals surface area contributed by atoms with E-state index in [1.807, 2.05) is 18.3 Å². The van der Waals surface area contributed by atoms with Crippen molar-refractivity contribution in [1.29, 1.82) is 0 Å². The third kappa shape index (κ3) is 2.79. The van der Waals surface area contributed by atoms with Gasteiger partial charge in [0.2, 0.25) is 0 Å². The molecule has 3 heterocycles. The molecule has 0 radical (unpaired) electrons. The maximum atomic E-state index is 4.52. The summed E-state index contributed by atoms with van der Waals surface area (Å²) in [7, 11) is 0. The van der Waals surface area contributed by atoms with Crippen LogP contribution in [0, 0.1) is 5.92 Å². The van der Waals surface area contributed by atoms with Crippen molar-refractivity contribution in [1.82, 2.24) is 19.5 Å². The first kappa shape index (κ1) is 15.6. The van der Waals surface area contributed by atoms with Crippen molar-refractivity contribution >= 4 is 32.7 Å². The standard InChI is InChI=1S/C18H20BrN5/c1-12(2)17-20-5-6-23(17)8-13-9-24(10-13)18-15-7-14(19)3-4-16(15)21-11-22-18/h3-7,11-13H,8-10H2,1-2H3. The first-order valence-corrected chi connectivity index (χ1v) is 9.07. The lowest BCUT2D eigenvalue weighted by Gasteiger charge is -2.41. The zero-order valence-corrected chi connectivity index (χ0v) is 15.4. The number of hydrogen-bond donors (Lipinski definition) is 0. The number of anilines is 1. The molecular formula is C18H20BrN5. The molecule has 0 amide bonds. The van der Waals surface area contributed by atoms with Crippen LogP contribution in [-0.2, 0) is 6.54 Å². The Hall–Kier alpha value is -1.95. The number of fused-ring (bicyclic) bond motifs is 1. The van der Waals surface area contributed by atoms with Crippen LogP contribution in [0.25, 0.3) is 10.9 Å². The maximum absolute atomic E-state index is 4.52. The van der Waals surface area contributed by atoms with Gasteiger partial charge < -0.3 is 9.47 Å². The predicted molar refractivity (Wildman–Crippen MR) is 99.3 cm³/mol.